The zero-order chi connectivity index (χ0) is 13.3. The molecule has 0 aliphatic rings. The van der Waals surface area contributed by atoms with E-state index in [9.17, 15) is 5.11 Å². The van der Waals surface area contributed by atoms with E-state index in [0.29, 0.717) is 36.9 Å². The van der Waals surface area contributed by atoms with E-state index in [0.717, 1.165) is 0 Å². The molecule has 1 aromatic carbocycles. The third-order valence-corrected chi connectivity index (χ3v) is 3.64. The zero-order valence-electron chi connectivity index (χ0n) is 8.92. The van der Waals surface area contributed by atoms with E-state index >= 15 is 0 Å². The molecule has 0 unspecified atom stereocenters. The molecule has 2 rings (SSSR count). The van der Waals surface area contributed by atoms with Crippen LogP contribution in [0, 0.1) is 0 Å². The maximum absolute atomic E-state index is 9.34. The Bertz CT molecular complexity index is 601. The van der Waals surface area contributed by atoms with Gasteiger partial charge in [0.1, 0.15) is 5.15 Å². The molecule has 0 saturated carbocycles. The number of aliphatic hydroxyl groups is 1. The number of aliphatic hydroxyl groups excluding tert-OH is 1. The van der Waals surface area contributed by atoms with Crippen LogP contribution in [0.3, 0.4) is 0 Å². The van der Waals surface area contributed by atoms with E-state index in [-0.39, 0.29) is 6.61 Å². The first-order valence-electron chi connectivity index (χ1n) is 4.93. The molecule has 18 heavy (non-hydrogen) atoms. The summed E-state index contributed by atoms with van der Waals surface area (Å²) in [7, 11) is 0. The molecule has 1 aromatic heterocycles. The average molecular weight is 323 g/mol. The highest BCUT2D eigenvalue weighted by molar-refractivity contribution is 6.45. The largest absolute Gasteiger partial charge is 0.392 e. The Labute approximate surface area is 124 Å². The number of hydrogen-bond donors (Lipinski definition) is 1. The van der Waals surface area contributed by atoms with E-state index in [4.69, 9.17) is 46.4 Å². The summed E-state index contributed by atoms with van der Waals surface area (Å²) >= 11 is 23.8. The second-order valence-corrected chi connectivity index (χ2v) is 5.18. The molecule has 0 aliphatic carbocycles. The Hall–Kier alpha value is -0.510. The van der Waals surface area contributed by atoms with Gasteiger partial charge in [0.2, 0.25) is 0 Å². The highest BCUT2D eigenvalue weighted by Gasteiger charge is 2.13. The van der Waals surface area contributed by atoms with Gasteiger partial charge >= 0.3 is 0 Å². The van der Waals surface area contributed by atoms with Crippen molar-refractivity contribution in [1.82, 2.24) is 4.98 Å². The predicted octanol–water partition coefficient (Wildman–Crippen LogP) is 4.85. The van der Waals surface area contributed by atoms with Crippen LogP contribution < -0.4 is 0 Å². The molecular weight excluding hydrogens is 316 g/mol. The van der Waals surface area contributed by atoms with Crippen molar-refractivity contribution in [3.8, 4) is 11.1 Å². The maximum Gasteiger partial charge on any atom is 0.129 e. The van der Waals surface area contributed by atoms with Crippen LogP contribution in [0.1, 0.15) is 5.56 Å². The Kier molecular flexibility index (Phi) is 4.36. The van der Waals surface area contributed by atoms with Crippen LogP contribution in [0.15, 0.2) is 24.4 Å². The second kappa shape index (κ2) is 5.64. The van der Waals surface area contributed by atoms with Gasteiger partial charge in [0.25, 0.3) is 0 Å². The Morgan fingerprint density at radius 3 is 2.39 bits per heavy atom. The minimum absolute atomic E-state index is 0.183. The van der Waals surface area contributed by atoms with Crippen molar-refractivity contribution >= 4 is 46.4 Å². The first kappa shape index (κ1) is 13.9. The lowest BCUT2D eigenvalue weighted by molar-refractivity contribution is 0.282. The molecular formula is C12H7Cl4NO. The van der Waals surface area contributed by atoms with Crippen molar-refractivity contribution in [2.75, 3.05) is 0 Å². The number of rotatable bonds is 2. The minimum atomic E-state index is -0.183. The standard InChI is InChI=1S/C12H7Cl4NO/c13-7-2-8(12(16)10(14)3-7)9-4-17-11(15)1-6(9)5-18/h1-4,18H,5H2. The molecule has 0 bridgehead atoms. The molecule has 1 N–H and O–H groups in total. The summed E-state index contributed by atoms with van der Waals surface area (Å²) in [6.07, 6.45) is 1.53. The SMILES string of the molecule is OCc1cc(Cl)ncc1-c1cc(Cl)cc(Cl)c1Cl. The lowest BCUT2D eigenvalue weighted by Gasteiger charge is -2.11. The van der Waals surface area contributed by atoms with Crippen molar-refractivity contribution in [2.24, 2.45) is 0 Å². The van der Waals surface area contributed by atoms with Gasteiger partial charge in [-0.1, -0.05) is 46.4 Å². The number of nitrogens with zero attached hydrogens (tertiary/aromatic N) is 1. The summed E-state index contributed by atoms with van der Waals surface area (Å²) in [5.74, 6) is 0. The highest BCUT2D eigenvalue weighted by Crippen LogP contribution is 2.38. The van der Waals surface area contributed by atoms with Crippen LogP contribution >= 0.6 is 46.4 Å². The molecule has 0 saturated heterocycles. The lowest BCUT2D eigenvalue weighted by Crippen LogP contribution is -1.93. The van der Waals surface area contributed by atoms with E-state index in [1.54, 1.807) is 18.2 Å². The van der Waals surface area contributed by atoms with Gasteiger partial charge in [-0.3, -0.25) is 0 Å². The fourth-order valence-electron chi connectivity index (χ4n) is 1.59. The summed E-state index contributed by atoms with van der Waals surface area (Å²) in [6.45, 7) is -0.183. The van der Waals surface area contributed by atoms with Gasteiger partial charge in [0.05, 0.1) is 16.7 Å². The van der Waals surface area contributed by atoms with E-state index < -0.39 is 0 Å². The van der Waals surface area contributed by atoms with Crippen LogP contribution in [0.25, 0.3) is 11.1 Å². The average Bonchev–Trinajstić information content (AvgIpc) is 2.34. The monoisotopic (exact) mass is 321 g/mol. The summed E-state index contributed by atoms with van der Waals surface area (Å²) < 4.78 is 0. The molecule has 0 spiro atoms. The molecule has 2 nitrogen and oxygen atoms in total. The van der Waals surface area contributed by atoms with Gasteiger partial charge in [0.15, 0.2) is 0 Å². The van der Waals surface area contributed by atoms with Gasteiger partial charge in [0, 0.05) is 22.3 Å². The predicted molar refractivity (Wildman–Crippen MR) is 75.6 cm³/mol. The minimum Gasteiger partial charge on any atom is -0.392 e. The molecule has 94 valence electrons. The quantitative estimate of drug-likeness (QED) is 0.633. The van der Waals surface area contributed by atoms with Crippen molar-refractivity contribution in [1.29, 1.82) is 0 Å². The molecule has 0 atom stereocenters. The zero-order valence-corrected chi connectivity index (χ0v) is 11.9. The fourth-order valence-corrected chi connectivity index (χ4v) is 2.48. The molecule has 0 aliphatic heterocycles. The van der Waals surface area contributed by atoms with Crippen LogP contribution in [0.5, 0.6) is 0 Å². The molecule has 0 amide bonds. The Balaban J connectivity index is 2.69. The molecule has 1 heterocycles. The number of pyridine rings is 1. The molecule has 0 fully saturated rings. The van der Waals surface area contributed by atoms with Crippen molar-refractivity contribution in [3.05, 3.63) is 50.2 Å². The number of aromatic nitrogens is 1. The summed E-state index contributed by atoms with van der Waals surface area (Å²) in [4.78, 5) is 3.97. The third-order valence-electron chi connectivity index (χ3n) is 2.41. The van der Waals surface area contributed by atoms with Gasteiger partial charge in [-0.05, 0) is 23.8 Å². The number of halogens is 4. The van der Waals surface area contributed by atoms with Crippen LogP contribution in [-0.4, -0.2) is 10.1 Å². The van der Waals surface area contributed by atoms with E-state index in [2.05, 4.69) is 4.98 Å². The second-order valence-electron chi connectivity index (χ2n) is 3.57. The van der Waals surface area contributed by atoms with E-state index in [1.165, 1.54) is 6.20 Å². The Morgan fingerprint density at radius 1 is 1.00 bits per heavy atom. The smallest absolute Gasteiger partial charge is 0.129 e. The third kappa shape index (κ3) is 2.73. The fraction of sp³-hybridized carbons (Fsp3) is 0.0833. The lowest BCUT2D eigenvalue weighted by atomic mass is 10.0. The highest BCUT2D eigenvalue weighted by atomic mass is 35.5. The molecule has 0 radical (unpaired) electrons. The van der Waals surface area contributed by atoms with Crippen molar-refractivity contribution in [2.45, 2.75) is 6.61 Å². The summed E-state index contributed by atoms with van der Waals surface area (Å²) in [6, 6.07) is 4.79. The first-order chi connectivity index (χ1) is 8.52. The van der Waals surface area contributed by atoms with Crippen molar-refractivity contribution < 1.29 is 5.11 Å². The molecule has 2 aromatic rings. The Morgan fingerprint density at radius 2 is 1.72 bits per heavy atom. The van der Waals surface area contributed by atoms with Crippen LogP contribution in [0.2, 0.25) is 20.2 Å². The maximum atomic E-state index is 9.34. The summed E-state index contributed by atoms with van der Waals surface area (Å²) in [5, 5.41) is 10.8. The topological polar surface area (TPSA) is 33.1 Å². The van der Waals surface area contributed by atoms with Gasteiger partial charge in [-0.15, -0.1) is 0 Å². The number of hydrogen-bond acceptors (Lipinski definition) is 2. The first-order valence-corrected chi connectivity index (χ1v) is 6.44. The normalized spacial score (nSPS) is 10.7. The van der Waals surface area contributed by atoms with Crippen molar-refractivity contribution in [3.63, 3.8) is 0 Å². The van der Waals surface area contributed by atoms with Gasteiger partial charge in [-0.25, -0.2) is 4.98 Å². The van der Waals surface area contributed by atoms with E-state index in [1.807, 2.05) is 0 Å². The van der Waals surface area contributed by atoms with Crippen LogP contribution in [0.4, 0.5) is 0 Å². The summed E-state index contributed by atoms with van der Waals surface area (Å²) in [5.41, 5.74) is 1.87. The van der Waals surface area contributed by atoms with Gasteiger partial charge in [-0.2, -0.15) is 0 Å². The van der Waals surface area contributed by atoms with Gasteiger partial charge < -0.3 is 5.11 Å². The van der Waals surface area contributed by atoms with Crippen LogP contribution in [-0.2, 0) is 6.61 Å². The number of benzene rings is 1. The molecule has 6 heteroatoms.